The van der Waals surface area contributed by atoms with Gasteiger partial charge in [0.15, 0.2) is 5.75 Å². The van der Waals surface area contributed by atoms with Crippen LogP contribution in [0.5, 0.6) is 5.75 Å². The molecule has 0 aliphatic heterocycles. The molecule has 0 radical (unpaired) electrons. The predicted octanol–water partition coefficient (Wildman–Crippen LogP) is 3.14. The Morgan fingerprint density at radius 1 is 1.35 bits per heavy atom. The summed E-state index contributed by atoms with van der Waals surface area (Å²) in [7, 11) is -1.03. The monoisotopic (exact) mass is 298 g/mol. The van der Waals surface area contributed by atoms with E-state index in [4.69, 9.17) is 9.47 Å². The number of rotatable bonds is 8. The van der Waals surface area contributed by atoms with Crippen LogP contribution >= 0.6 is 0 Å². The van der Waals surface area contributed by atoms with Crippen molar-refractivity contribution in [2.24, 2.45) is 0 Å². The van der Waals surface area contributed by atoms with Crippen molar-refractivity contribution in [3.63, 3.8) is 0 Å². The van der Waals surface area contributed by atoms with E-state index in [9.17, 15) is 5.11 Å². The molecule has 0 bridgehead atoms. The molecule has 0 unspecified atom stereocenters. The molecule has 0 spiro atoms. The number of hydrogen-bond acceptors (Lipinski definition) is 4. The molecule has 1 aliphatic rings. The molecule has 6 heteroatoms. The molecule has 0 amide bonds. The molecule has 1 saturated carbocycles. The predicted molar refractivity (Wildman–Crippen MR) is 80.5 cm³/mol. The number of aromatic nitrogens is 2. The summed E-state index contributed by atoms with van der Waals surface area (Å²) < 4.78 is 12.7. The molecular weight excluding hydrogens is 272 g/mol. The summed E-state index contributed by atoms with van der Waals surface area (Å²) >= 11 is 0. The van der Waals surface area contributed by atoms with Gasteiger partial charge in [-0.2, -0.15) is 5.10 Å². The summed E-state index contributed by atoms with van der Waals surface area (Å²) in [6.45, 7) is 8.28. The van der Waals surface area contributed by atoms with Crippen molar-refractivity contribution in [2.75, 3.05) is 13.4 Å². The summed E-state index contributed by atoms with van der Waals surface area (Å²) in [6, 6.07) is 1.60. The fraction of sp³-hybridized carbons (Fsp3) is 0.786. The molecule has 1 fully saturated rings. The highest BCUT2D eigenvalue weighted by Crippen LogP contribution is 2.32. The lowest BCUT2D eigenvalue weighted by atomic mass is 9.93. The topological polar surface area (TPSA) is 56.5 Å². The van der Waals surface area contributed by atoms with Crippen LogP contribution in [0.25, 0.3) is 0 Å². The van der Waals surface area contributed by atoms with E-state index in [0.717, 1.165) is 25.5 Å². The zero-order valence-corrected chi connectivity index (χ0v) is 13.8. The molecule has 0 atom stereocenters. The summed E-state index contributed by atoms with van der Waals surface area (Å²) in [5.41, 5.74) is 0.602. The highest BCUT2D eigenvalue weighted by molar-refractivity contribution is 6.76. The maximum Gasteiger partial charge on any atom is 0.159 e. The Hall–Kier alpha value is -0.853. The van der Waals surface area contributed by atoms with Crippen LogP contribution in [0.15, 0.2) is 6.20 Å². The van der Waals surface area contributed by atoms with E-state index in [0.29, 0.717) is 18.3 Å². The van der Waals surface area contributed by atoms with Gasteiger partial charge in [-0.3, -0.25) is 4.68 Å². The fourth-order valence-electron chi connectivity index (χ4n) is 1.99. The van der Waals surface area contributed by atoms with E-state index in [2.05, 4.69) is 24.7 Å². The first-order valence-corrected chi connectivity index (χ1v) is 11.1. The molecule has 0 aromatic carbocycles. The van der Waals surface area contributed by atoms with Crippen molar-refractivity contribution >= 4 is 8.07 Å². The smallest absolute Gasteiger partial charge is 0.159 e. The molecule has 1 aromatic heterocycles. The Bertz CT molecular complexity index is 425. The maximum atomic E-state index is 9.81. The number of aromatic hydroxyl groups is 1. The van der Waals surface area contributed by atoms with Gasteiger partial charge in [-0.05, 0) is 25.3 Å². The van der Waals surface area contributed by atoms with Crippen LogP contribution in [-0.4, -0.2) is 36.4 Å². The maximum absolute atomic E-state index is 9.81. The second-order valence-electron chi connectivity index (χ2n) is 6.71. The summed E-state index contributed by atoms with van der Waals surface area (Å²) in [5, 5.41) is 14.2. The van der Waals surface area contributed by atoms with Crippen LogP contribution in [-0.2, 0) is 16.1 Å². The van der Waals surface area contributed by atoms with Gasteiger partial charge >= 0.3 is 0 Å². The molecule has 1 aliphatic carbocycles. The van der Waals surface area contributed by atoms with Gasteiger partial charge in [0.2, 0.25) is 0 Å². The van der Waals surface area contributed by atoms with E-state index in [1.165, 1.54) is 6.42 Å². The van der Waals surface area contributed by atoms with Crippen LogP contribution in [0.2, 0.25) is 25.7 Å². The first-order valence-electron chi connectivity index (χ1n) is 7.38. The first-order chi connectivity index (χ1) is 9.46. The van der Waals surface area contributed by atoms with Gasteiger partial charge in [-0.25, -0.2) is 0 Å². The number of nitrogens with zero attached hydrogens (tertiary/aromatic N) is 2. The molecular formula is C14H26N2O3Si. The van der Waals surface area contributed by atoms with Crippen molar-refractivity contribution in [3.8, 4) is 5.75 Å². The number of hydrogen-bond donors (Lipinski definition) is 1. The molecule has 5 nitrogen and oxygen atoms in total. The van der Waals surface area contributed by atoms with E-state index in [1.807, 2.05) is 4.68 Å². The van der Waals surface area contributed by atoms with Gasteiger partial charge in [0.1, 0.15) is 12.5 Å². The van der Waals surface area contributed by atoms with Crippen LogP contribution in [0.1, 0.15) is 31.0 Å². The van der Waals surface area contributed by atoms with Gasteiger partial charge < -0.3 is 14.6 Å². The molecule has 2 rings (SSSR count). The summed E-state index contributed by atoms with van der Waals surface area (Å²) in [6.07, 6.45) is 5.26. The quantitative estimate of drug-likeness (QED) is 0.455. The van der Waals surface area contributed by atoms with Gasteiger partial charge in [-0.15, -0.1) is 0 Å². The average molecular weight is 298 g/mol. The SMILES string of the molecule is C[Si](C)(C)CCOCOCc1nn(C2CCC2)cc1O. The van der Waals surface area contributed by atoms with Gasteiger partial charge in [0.25, 0.3) is 0 Å². The van der Waals surface area contributed by atoms with Crippen LogP contribution in [0, 0.1) is 0 Å². The minimum Gasteiger partial charge on any atom is -0.504 e. The zero-order valence-electron chi connectivity index (χ0n) is 12.8. The van der Waals surface area contributed by atoms with Crippen molar-refractivity contribution in [1.82, 2.24) is 9.78 Å². The average Bonchev–Trinajstić information content (AvgIpc) is 2.61. The van der Waals surface area contributed by atoms with E-state index in [1.54, 1.807) is 6.20 Å². The molecule has 114 valence electrons. The highest BCUT2D eigenvalue weighted by Gasteiger charge is 2.21. The number of ether oxygens (including phenoxy) is 2. The lowest BCUT2D eigenvalue weighted by Gasteiger charge is -2.25. The normalized spacial score (nSPS) is 16.4. The Morgan fingerprint density at radius 2 is 2.10 bits per heavy atom. The minimum absolute atomic E-state index is 0.221. The third-order valence-electron chi connectivity index (χ3n) is 3.64. The lowest BCUT2D eigenvalue weighted by molar-refractivity contribution is -0.0587. The largest absolute Gasteiger partial charge is 0.504 e. The summed E-state index contributed by atoms with van der Waals surface area (Å²) in [5.74, 6) is 0.221. The van der Waals surface area contributed by atoms with Crippen molar-refractivity contribution in [3.05, 3.63) is 11.9 Å². The molecule has 1 heterocycles. The molecule has 0 saturated heterocycles. The highest BCUT2D eigenvalue weighted by atomic mass is 28.3. The third kappa shape index (κ3) is 4.61. The standard InChI is InChI=1S/C14H26N2O3Si/c1-20(2,3)8-7-18-11-19-10-13-14(17)9-16(15-13)12-5-4-6-12/h9,12,17H,4-8,10-11H2,1-3H3. The van der Waals surface area contributed by atoms with E-state index >= 15 is 0 Å². The van der Waals surface area contributed by atoms with Crippen molar-refractivity contribution in [1.29, 1.82) is 0 Å². The lowest BCUT2D eigenvalue weighted by Crippen LogP contribution is -2.22. The Kier molecular flexibility index (Phi) is 5.23. The van der Waals surface area contributed by atoms with Crippen LogP contribution < -0.4 is 0 Å². The van der Waals surface area contributed by atoms with Gasteiger partial charge in [0.05, 0.1) is 18.8 Å². The van der Waals surface area contributed by atoms with Crippen molar-refractivity contribution in [2.45, 2.75) is 57.6 Å². The molecule has 1 N–H and O–H groups in total. The first kappa shape index (κ1) is 15.5. The minimum atomic E-state index is -1.03. The van der Waals surface area contributed by atoms with Gasteiger partial charge in [0, 0.05) is 14.7 Å². The Morgan fingerprint density at radius 3 is 2.70 bits per heavy atom. The Labute approximate surface area is 121 Å². The third-order valence-corrected chi connectivity index (χ3v) is 5.34. The molecule has 1 aromatic rings. The second-order valence-corrected chi connectivity index (χ2v) is 12.3. The van der Waals surface area contributed by atoms with Crippen LogP contribution in [0.4, 0.5) is 0 Å². The second kappa shape index (κ2) is 6.73. The van der Waals surface area contributed by atoms with E-state index < -0.39 is 8.07 Å². The fourth-order valence-corrected chi connectivity index (χ4v) is 2.75. The zero-order chi connectivity index (χ0) is 14.6. The Balaban J connectivity index is 1.65. The summed E-state index contributed by atoms with van der Waals surface area (Å²) in [4.78, 5) is 0. The van der Waals surface area contributed by atoms with Crippen molar-refractivity contribution < 1.29 is 14.6 Å². The van der Waals surface area contributed by atoms with E-state index in [-0.39, 0.29) is 12.5 Å². The van der Waals surface area contributed by atoms with Gasteiger partial charge in [-0.1, -0.05) is 19.6 Å². The molecule has 20 heavy (non-hydrogen) atoms. The van der Waals surface area contributed by atoms with Crippen LogP contribution in [0.3, 0.4) is 0 Å².